The number of nitrogens with zero attached hydrogens (tertiary/aromatic N) is 1. The molecule has 0 aliphatic heterocycles. The maximum absolute atomic E-state index is 13.6. The van der Waals surface area contributed by atoms with Gasteiger partial charge in [-0.2, -0.15) is 0 Å². The number of nitrogens with one attached hydrogen (secondary N) is 2. The van der Waals surface area contributed by atoms with Crippen LogP contribution in [-0.4, -0.2) is 40.0 Å². The molecule has 0 unspecified atom stereocenters. The molecule has 0 radical (unpaired) electrons. The summed E-state index contributed by atoms with van der Waals surface area (Å²) in [7, 11) is -1.44. The lowest BCUT2D eigenvalue weighted by Crippen LogP contribution is -2.42. The third-order valence-electron chi connectivity index (χ3n) is 3.56. The van der Waals surface area contributed by atoms with E-state index in [-0.39, 0.29) is 47.3 Å². The minimum absolute atomic E-state index is 0. The average molecular weight is 489 g/mol. The fourth-order valence-electron chi connectivity index (χ4n) is 1.95. The van der Waals surface area contributed by atoms with Crippen molar-refractivity contribution in [2.24, 2.45) is 10.4 Å². The number of halogens is 3. The minimum Gasteiger partial charge on any atom is -0.356 e. The molecule has 0 aromatic heterocycles. The van der Waals surface area contributed by atoms with E-state index >= 15 is 0 Å². The summed E-state index contributed by atoms with van der Waals surface area (Å²) in [6.45, 7) is 4.48. The number of rotatable bonds is 7. The fraction of sp³-hybridized carbons (Fsp3) is 0.562. The average Bonchev–Trinajstić information content (AvgIpc) is 2.48. The molecule has 1 rings (SSSR count). The number of hydrogen-bond donors (Lipinski definition) is 2. The van der Waals surface area contributed by atoms with Gasteiger partial charge in [-0.15, -0.1) is 24.0 Å². The first-order chi connectivity index (χ1) is 11.0. The topological polar surface area (TPSA) is 70.6 Å². The molecule has 2 N–H and O–H groups in total. The van der Waals surface area contributed by atoms with E-state index in [4.69, 9.17) is 0 Å². The second kappa shape index (κ2) is 10.2. The fourth-order valence-corrected chi connectivity index (χ4v) is 2.87. The molecule has 0 aliphatic rings. The lowest BCUT2D eigenvalue weighted by molar-refractivity contribution is 0.348. The van der Waals surface area contributed by atoms with Crippen molar-refractivity contribution < 1.29 is 17.2 Å². The largest absolute Gasteiger partial charge is 0.356 e. The standard InChI is InChI=1S/C16H25F2N3O2S.HI/c1-16(2,7-8-24(4,22)23)11-21-15(19-3)20-10-12-9-13(17)5-6-14(12)18;/h5-6,9H,7-8,10-11H2,1-4H3,(H2,19,20,21);1H. The summed E-state index contributed by atoms with van der Waals surface area (Å²) in [6, 6.07) is 3.28. The second-order valence-electron chi connectivity index (χ2n) is 6.56. The molecule has 0 atom stereocenters. The molecule has 1 aromatic rings. The maximum atomic E-state index is 13.6. The number of hydrogen-bond acceptors (Lipinski definition) is 3. The van der Waals surface area contributed by atoms with Crippen molar-refractivity contribution in [3.8, 4) is 0 Å². The first-order valence-electron chi connectivity index (χ1n) is 7.58. The van der Waals surface area contributed by atoms with Crippen molar-refractivity contribution >= 4 is 39.8 Å². The van der Waals surface area contributed by atoms with Gasteiger partial charge in [0, 0.05) is 32.0 Å². The molecule has 9 heteroatoms. The van der Waals surface area contributed by atoms with Gasteiger partial charge in [0.05, 0.1) is 5.75 Å². The van der Waals surface area contributed by atoms with Gasteiger partial charge in [-0.3, -0.25) is 4.99 Å². The van der Waals surface area contributed by atoms with E-state index in [1.165, 1.54) is 6.26 Å². The van der Waals surface area contributed by atoms with Crippen molar-refractivity contribution in [2.75, 3.05) is 25.6 Å². The van der Waals surface area contributed by atoms with E-state index in [0.717, 1.165) is 18.2 Å². The molecule has 144 valence electrons. The zero-order valence-electron chi connectivity index (χ0n) is 14.9. The number of aliphatic imine (C=N–C) groups is 1. The second-order valence-corrected chi connectivity index (χ2v) is 8.82. The van der Waals surface area contributed by atoms with Gasteiger partial charge in [-0.05, 0) is 30.0 Å². The maximum Gasteiger partial charge on any atom is 0.191 e. The lowest BCUT2D eigenvalue weighted by Gasteiger charge is -2.25. The third-order valence-corrected chi connectivity index (χ3v) is 4.51. The Morgan fingerprint density at radius 1 is 1.24 bits per heavy atom. The quantitative estimate of drug-likeness (QED) is 0.351. The molecule has 1 aromatic carbocycles. The van der Waals surface area contributed by atoms with Gasteiger partial charge in [-0.25, -0.2) is 17.2 Å². The van der Waals surface area contributed by atoms with Crippen LogP contribution in [-0.2, 0) is 16.4 Å². The van der Waals surface area contributed by atoms with Gasteiger partial charge in [0.2, 0.25) is 0 Å². The first-order valence-corrected chi connectivity index (χ1v) is 9.65. The van der Waals surface area contributed by atoms with Gasteiger partial charge in [-0.1, -0.05) is 13.8 Å². The molecule has 0 aliphatic carbocycles. The zero-order valence-corrected chi connectivity index (χ0v) is 18.0. The Morgan fingerprint density at radius 3 is 2.44 bits per heavy atom. The van der Waals surface area contributed by atoms with E-state index < -0.39 is 21.5 Å². The van der Waals surface area contributed by atoms with Crippen molar-refractivity contribution in [2.45, 2.75) is 26.8 Å². The molecule has 0 heterocycles. The summed E-state index contributed by atoms with van der Waals surface area (Å²) in [4.78, 5) is 4.03. The summed E-state index contributed by atoms with van der Waals surface area (Å²) in [5, 5.41) is 5.99. The van der Waals surface area contributed by atoms with Gasteiger partial charge >= 0.3 is 0 Å². The van der Waals surface area contributed by atoms with Crippen LogP contribution in [0.5, 0.6) is 0 Å². The highest BCUT2D eigenvalue weighted by molar-refractivity contribution is 14.0. The molecule has 0 fully saturated rings. The van der Waals surface area contributed by atoms with Crippen LogP contribution in [0, 0.1) is 17.0 Å². The predicted octanol–water partition coefficient (Wildman–Crippen LogP) is 2.71. The Balaban J connectivity index is 0.00000576. The summed E-state index contributed by atoms with van der Waals surface area (Å²) >= 11 is 0. The molecule has 0 saturated heterocycles. The van der Waals surface area contributed by atoms with E-state index in [1.54, 1.807) is 7.05 Å². The van der Waals surface area contributed by atoms with Crippen LogP contribution in [0.3, 0.4) is 0 Å². The lowest BCUT2D eigenvalue weighted by atomic mass is 9.90. The highest BCUT2D eigenvalue weighted by atomic mass is 127. The van der Waals surface area contributed by atoms with Crippen LogP contribution in [0.4, 0.5) is 8.78 Å². The van der Waals surface area contributed by atoms with E-state index in [9.17, 15) is 17.2 Å². The van der Waals surface area contributed by atoms with Gasteiger partial charge in [0.25, 0.3) is 0 Å². The number of benzene rings is 1. The highest BCUT2D eigenvalue weighted by Crippen LogP contribution is 2.19. The Hall–Kier alpha value is -0.970. The van der Waals surface area contributed by atoms with E-state index in [0.29, 0.717) is 18.9 Å². The Morgan fingerprint density at radius 2 is 1.88 bits per heavy atom. The van der Waals surface area contributed by atoms with Crippen molar-refractivity contribution in [3.05, 3.63) is 35.4 Å². The monoisotopic (exact) mass is 489 g/mol. The summed E-state index contributed by atoms with van der Waals surface area (Å²) in [6.07, 6.45) is 1.72. The Kier molecular flexibility index (Phi) is 9.85. The number of sulfone groups is 1. The van der Waals surface area contributed by atoms with Crippen LogP contribution in [0.2, 0.25) is 0 Å². The van der Waals surface area contributed by atoms with Gasteiger partial charge in [0.1, 0.15) is 21.5 Å². The van der Waals surface area contributed by atoms with Gasteiger partial charge < -0.3 is 10.6 Å². The molecule has 0 saturated carbocycles. The SMILES string of the molecule is CN=C(NCc1cc(F)ccc1F)NCC(C)(C)CCS(C)(=O)=O.I. The molecular weight excluding hydrogens is 463 g/mol. The van der Waals surface area contributed by atoms with Crippen LogP contribution in [0.25, 0.3) is 0 Å². The smallest absolute Gasteiger partial charge is 0.191 e. The van der Waals surface area contributed by atoms with Crippen molar-refractivity contribution in [1.82, 2.24) is 10.6 Å². The number of guanidine groups is 1. The molecular formula is C16H26F2IN3O2S. The molecule has 0 bridgehead atoms. The van der Waals surface area contributed by atoms with Crippen molar-refractivity contribution in [3.63, 3.8) is 0 Å². The normalized spacial score (nSPS) is 12.5. The Labute approximate surface area is 165 Å². The Bertz CT molecular complexity index is 695. The molecule has 0 amide bonds. The summed E-state index contributed by atoms with van der Waals surface area (Å²) in [5.41, 5.74) is -0.0561. The zero-order chi connectivity index (χ0) is 18.4. The van der Waals surface area contributed by atoms with E-state index in [1.807, 2.05) is 13.8 Å². The summed E-state index contributed by atoms with van der Waals surface area (Å²) in [5.74, 6) is -0.445. The molecule has 5 nitrogen and oxygen atoms in total. The summed E-state index contributed by atoms with van der Waals surface area (Å²) < 4.78 is 49.3. The van der Waals surface area contributed by atoms with Crippen LogP contribution < -0.4 is 10.6 Å². The highest BCUT2D eigenvalue weighted by Gasteiger charge is 2.20. The molecule has 25 heavy (non-hydrogen) atoms. The van der Waals surface area contributed by atoms with Crippen LogP contribution in [0.1, 0.15) is 25.8 Å². The van der Waals surface area contributed by atoms with Gasteiger partial charge in [0.15, 0.2) is 5.96 Å². The van der Waals surface area contributed by atoms with Crippen LogP contribution >= 0.6 is 24.0 Å². The first kappa shape index (κ1) is 24.0. The van der Waals surface area contributed by atoms with Crippen molar-refractivity contribution in [1.29, 1.82) is 0 Å². The predicted molar refractivity (Wildman–Crippen MR) is 108 cm³/mol. The third kappa shape index (κ3) is 9.93. The minimum atomic E-state index is -3.01. The molecule has 0 spiro atoms. The van der Waals surface area contributed by atoms with Crippen LogP contribution in [0.15, 0.2) is 23.2 Å². The van der Waals surface area contributed by atoms with E-state index in [2.05, 4.69) is 15.6 Å².